The molecule has 198 valence electrons. The number of hydrogen-bond donors (Lipinski definition) is 0. The van der Waals surface area contributed by atoms with Crippen molar-refractivity contribution in [2.45, 2.75) is 12.5 Å². The Balaban J connectivity index is 1.15. The molecule has 5 aromatic carbocycles. The lowest BCUT2D eigenvalue weighted by molar-refractivity contribution is 0.640. The fourth-order valence-corrected chi connectivity index (χ4v) is 8.40. The minimum Gasteiger partial charge on any atom is -0.333 e. The van der Waals surface area contributed by atoms with Crippen molar-refractivity contribution >= 4 is 77.0 Å². The van der Waals surface area contributed by atoms with Gasteiger partial charge in [0.05, 0.1) is 33.8 Å². The number of allylic oxidation sites excluding steroid dienone is 1. The monoisotopic (exact) mass is 556 g/mol. The number of aromatic nitrogens is 4. The van der Waals surface area contributed by atoms with Crippen molar-refractivity contribution < 1.29 is 0 Å². The number of rotatable bonds is 2. The van der Waals surface area contributed by atoms with Gasteiger partial charge in [0.15, 0.2) is 4.96 Å². The van der Waals surface area contributed by atoms with Gasteiger partial charge in [-0.25, -0.2) is 4.98 Å². The molecule has 0 amide bonds. The molecule has 0 spiro atoms. The minimum atomic E-state index is 0.255. The molecule has 1 atom stereocenters. The van der Waals surface area contributed by atoms with E-state index in [1.165, 1.54) is 54.2 Å². The van der Waals surface area contributed by atoms with E-state index in [9.17, 15) is 0 Å². The highest BCUT2D eigenvalue weighted by atomic mass is 32.1. The van der Waals surface area contributed by atoms with E-state index in [2.05, 4.69) is 141 Å². The van der Waals surface area contributed by atoms with Gasteiger partial charge in [0, 0.05) is 49.6 Å². The van der Waals surface area contributed by atoms with Crippen LogP contribution in [0.2, 0.25) is 0 Å². The van der Waals surface area contributed by atoms with Crippen LogP contribution in [-0.4, -0.2) is 18.5 Å². The first kappa shape index (κ1) is 22.5. The molecular formula is C37H24N4S. The van der Waals surface area contributed by atoms with Gasteiger partial charge >= 0.3 is 0 Å². The number of imidazole rings is 1. The van der Waals surface area contributed by atoms with E-state index in [0.29, 0.717) is 0 Å². The fourth-order valence-electron chi connectivity index (χ4n) is 7.23. The third kappa shape index (κ3) is 2.93. The maximum Gasteiger partial charge on any atom is 0.195 e. The fraction of sp³-hybridized carbons (Fsp3) is 0.0541. The van der Waals surface area contributed by atoms with E-state index in [4.69, 9.17) is 4.98 Å². The molecule has 0 radical (unpaired) electrons. The summed E-state index contributed by atoms with van der Waals surface area (Å²) in [6.45, 7) is 0. The van der Waals surface area contributed by atoms with Crippen LogP contribution >= 0.6 is 11.3 Å². The molecule has 4 heterocycles. The van der Waals surface area contributed by atoms with E-state index >= 15 is 0 Å². The largest absolute Gasteiger partial charge is 0.333 e. The van der Waals surface area contributed by atoms with Crippen molar-refractivity contribution in [3.8, 4) is 5.69 Å². The Morgan fingerprint density at radius 2 is 1.19 bits per heavy atom. The molecule has 1 aliphatic rings. The Labute approximate surface area is 245 Å². The van der Waals surface area contributed by atoms with E-state index in [1.54, 1.807) is 0 Å². The van der Waals surface area contributed by atoms with Crippen molar-refractivity contribution in [1.82, 2.24) is 18.5 Å². The Kier molecular flexibility index (Phi) is 4.41. The van der Waals surface area contributed by atoms with Gasteiger partial charge in [0.1, 0.15) is 0 Å². The van der Waals surface area contributed by atoms with Crippen LogP contribution in [0.15, 0.2) is 121 Å². The molecule has 9 aromatic rings. The molecule has 10 rings (SSSR count). The van der Waals surface area contributed by atoms with Gasteiger partial charge in [-0.15, -0.1) is 11.3 Å². The normalized spacial score (nSPS) is 15.2. The van der Waals surface area contributed by atoms with Gasteiger partial charge in [0.25, 0.3) is 0 Å². The standard InChI is InChI=1S/C37H24N4S/c1-5-13-30-25(9-1)26-10-2-6-14-31(26)39(30)23-17-19-29-35(21-23)41-34-20-18-24(22-36(34)42-37(41)38-29)40-32-15-7-3-11-27(32)28-12-4-8-16-33(28)40/h1-21,24H,22H2. The van der Waals surface area contributed by atoms with E-state index < -0.39 is 0 Å². The summed E-state index contributed by atoms with van der Waals surface area (Å²) in [5, 5.41) is 5.19. The summed E-state index contributed by atoms with van der Waals surface area (Å²) in [6.07, 6.45) is 5.66. The van der Waals surface area contributed by atoms with Crippen molar-refractivity contribution in [3.63, 3.8) is 0 Å². The SMILES string of the molecule is C1=CC(n2c3ccccc3c3ccccc32)Cc2sc3nc4ccc(-n5c6ccccc6c6ccccc65)cc4n3c21. The Morgan fingerprint density at radius 3 is 1.83 bits per heavy atom. The average molecular weight is 557 g/mol. The highest BCUT2D eigenvalue weighted by Gasteiger charge is 2.25. The predicted molar refractivity (Wildman–Crippen MR) is 176 cm³/mol. The summed E-state index contributed by atoms with van der Waals surface area (Å²) in [6, 6.07) is 41.9. The molecule has 42 heavy (non-hydrogen) atoms. The second kappa shape index (κ2) is 8.21. The number of para-hydroxylation sites is 4. The molecule has 5 heteroatoms. The lowest BCUT2D eigenvalue weighted by atomic mass is 10.0. The Hall–Kier alpha value is -5.13. The molecule has 4 aromatic heterocycles. The van der Waals surface area contributed by atoms with Crippen LogP contribution in [0.4, 0.5) is 0 Å². The smallest absolute Gasteiger partial charge is 0.195 e. The van der Waals surface area contributed by atoms with Crippen molar-refractivity contribution in [1.29, 1.82) is 0 Å². The summed E-state index contributed by atoms with van der Waals surface area (Å²) in [4.78, 5) is 7.53. The predicted octanol–water partition coefficient (Wildman–Crippen LogP) is 9.56. The maximum atomic E-state index is 5.09. The third-order valence-electron chi connectivity index (χ3n) is 9.01. The molecule has 0 fully saturated rings. The quantitative estimate of drug-likeness (QED) is 0.208. The summed E-state index contributed by atoms with van der Waals surface area (Å²) in [5.41, 5.74) is 9.63. The Morgan fingerprint density at radius 1 is 0.619 bits per heavy atom. The van der Waals surface area contributed by atoms with E-state index in [0.717, 1.165) is 28.1 Å². The molecule has 0 bridgehead atoms. The first-order valence-electron chi connectivity index (χ1n) is 14.4. The summed E-state index contributed by atoms with van der Waals surface area (Å²) < 4.78 is 7.27. The summed E-state index contributed by atoms with van der Waals surface area (Å²) in [5.74, 6) is 0. The molecule has 1 aliphatic carbocycles. The van der Waals surface area contributed by atoms with Gasteiger partial charge in [-0.1, -0.05) is 78.9 Å². The lowest BCUT2D eigenvalue weighted by Crippen LogP contribution is -2.12. The lowest BCUT2D eigenvalue weighted by Gasteiger charge is -2.21. The second-order valence-electron chi connectivity index (χ2n) is 11.2. The zero-order valence-corrected chi connectivity index (χ0v) is 23.4. The number of hydrogen-bond acceptors (Lipinski definition) is 2. The van der Waals surface area contributed by atoms with Crippen LogP contribution in [0.1, 0.15) is 16.6 Å². The third-order valence-corrected chi connectivity index (χ3v) is 10.1. The van der Waals surface area contributed by atoms with Crippen LogP contribution in [0.5, 0.6) is 0 Å². The van der Waals surface area contributed by atoms with E-state index in [1.807, 2.05) is 11.3 Å². The topological polar surface area (TPSA) is 27.2 Å². The zero-order valence-electron chi connectivity index (χ0n) is 22.6. The minimum absolute atomic E-state index is 0.255. The van der Waals surface area contributed by atoms with E-state index in [-0.39, 0.29) is 6.04 Å². The van der Waals surface area contributed by atoms with Gasteiger partial charge in [-0.2, -0.15) is 0 Å². The van der Waals surface area contributed by atoms with Crippen LogP contribution in [0.25, 0.3) is 71.4 Å². The molecule has 0 saturated carbocycles. The average Bonchev–Trinajstić information content (AvgIpc) is 3.77. The van der Waals surface area contributed by atoms with Crippen LogP contribution in [0.3, 0.4) is 0 Å². The highest BCUT2D eigenvalue weighted by Crippen LogP contribution is 2.40. The first-order valence-corrected chi connectivity index (χ1v) is 15.2. The molecule has 4 nitrogen and oxygen atoms in total. The maximum absolute atomic E-state index is 5.09. The molecule has 0 saturated heterocycles. The molecule has 0 N–H and O–H groups in total. The summed E-state index contributed by atoms with van der Waals surface area (Å²) >= 11 is 1.83. The van der Waals surface area contributed by atoms with Crippen molar-refractivity contribution in [2.24, 2.45) is 0 Å². The summed E-state index contributed by atoms with van der Waals surface area (Å²) in [7, 11) is 0. The zero-order chi connectivity index (χ0) is 27.4. The van der Waals surface area contributed by atoms with Gasteiger partial charge in [0.2, 0.25) is 0 Å². The number of nitrogens with zero attached hydrogens (tertiary/aromatic N) is 4. The second-order valence-corrected chi connectivity index (χ2v) is 12.3. The molecule has 1 unspecified atom stereocenters. The van der Waals surface area contributed by atoms with Crippen LogP contribution < -0.4 is 0 Å². The van der Waals surface area contributed by atoms with Gasteiger partial charge in [-0.05, 0) is 48.5 Å². The number of fused-ring (bicyclic) bond motifs is 11. The first-order chi connectivity index (χ1) is 20.8. The van der Waals surface area contributed by atoms with Gasteiger partial charge < -0.3 is 9.13 Å². The van der Waals surface area contributed by atoms with Crippen LogP contribution in [-0.2, 0) is 6.42 Å². The van der Waals surface area contributed by atoms with Crippen molar-refractivity contribution in [3.05, 3.63) is 132 Å². The number of thiazole rings is 1. The Bertz CT molecular complexity index is 2460. The highest BCUT2D eigenvalue weighted by molar-refractivity contribution is 7.17. The van der Waals surface area contributed by atoms with Crippen LogP contribution in [0, 0.1) is 0 Å². The molecular weight excluding hydrogens is 533 g/mol. The molecule has 0 aliphatic heterocycles. The number of benzene rings is 5. The van der Waals surface area contributed by atoms with Crippen molar-refractivity contribution in [2.75, 3.05) is 0 Å². The van der Waals surface area contributed by atoms with Gasteiger partial charge in [-0.3, -0.25) is 4.40 Å².